The second kappa shape index (κ2) is 7.05. The fraction of sp³-hybridized carbons (Fsp3) is 0.278. The number of nitrogens with zero attached hydrogens (tertiary/aromatic N) is 1. The van der Waals surface area contributed by atoms with Crippen molar-refractivity contribution in [3.63, 3.8) is 0 Å². The monoisotopic (exact) mass is 312 g/mol. The highest BCUT2D eigenvalue weighted by molar-refractivity contribution is 5.73. The van der Waals surface area contributed by atoms with Crippen LogP contribution in [0.15, 0.2) is 54.6 Å². The summed E-state index contributed by atoms with van der Waals surface area (Å²) in [5.41, 5.74) is 1.09. The largest absolute Gasteiger partial charge is 0.486 e. The first-order valence-electron chi connectivity index (χ1n) is 7.64. The van der Waals surface area contributed by atoms with Gasteiger partial charge in [0.05, 0.1) is 6.54 Å². The van der Waals surface area contributed by atoms with Crippen molar-refractivity contribution in [3.8, 4) is 11.5 Å². The summed E-state index contributed by atoms with van der Waals surface area (Å²) in [6.45, 7) is 1.41. The molecule has 1 aliphatic rings. The predicted octanol–water partition coefficient (Wildman–Crippen LogP) is 2.67. The normalized spacial score (nSPS) is 15.8. The number of benzene rings is 2. The summed E-state index contributed by atoms with van der Waals surface area (Å²) in [6, 6.07) is 17.3. The molecule has 5 heteroatoms. The van der Waals surface area contributed by atoms with E-state index in [4.69, 9.17) is 9.47 Å². The molecular formula is C18H20N2O3. The molecule has 0 aliphatic carbocycles. The van der Waals surface area contributed by atoms with E-state index in [9.17, 15) is 4.79 Å². The first kappa shape index (κ1) is 15.2. The van der Waals surface area contributed by atoms with Gasteiger partial charge in [-0.15, -0.1) is 0 Å². The first-order valence-corrected chi connectivity index (χ1v) is 7.64. The summed E-state index contributed by atoms with van der Waals surface area (Å²) in [5.74, 6) is 1.46. The topological polar surface area (TPSA) is 50.8 Å². The van der Waals surface area contributed by atoms with Crippen LogP contribution in [0.3, 0.4) is 0 Å². The van der Waals surface area contributed by atoms with Crippen molar-refractivity contribution >= 4 is 6.03 Å². The van der Waals surface area contributed by atoms with Crippen LogP contribution in [-0.4, -0.2) is 37.2 Å². The summed E-state index contributed by atoms with van der Waals surface area (Å²) in [7, 11) is 1.77. The molecule has 1 aliphatic heterocycles. The maximum absolute atomic E-state index is 12.2. The number of hydrogen-bond acceptors (Lipinski definition) is 3. The zero-order valence-corrected chi connectivity index (χ0v) is 13.1. The highest BCUT2D eigenvalue weighted by Crippen LogP contribution is 2.30. The Labute approximate surface area is 135 Å². The van der Waals surface area contributed by atoms with E-state index in [-0.39, 0.29) is 12.1 Å². The average molecular weight is 312 g/mol. The number of carbonyl (C=O) groups excluding carboxylic acids is 1. The van der Waals surface area contributed by atoms with E-state index in [1.54, 1.807) is 11.9 Å². The van der Waals surface area contributed by atoms with Crippen molar-refractivity contribution in [2.75, 3.05) is 20.2 Å². The minimum Gasteiger partial charge on any atom is -0.486 e. The van der Waals surface area contributed by atoms with E-state index >= 15 is 0 Å². The van der Waals surface area contributed by atoms with Crippen LogP contribution < -0.4 is 14.8 Å². The van der Waals surface area contributed by atoms with E-state index < -0.39 is 0 Å². The lowest BCUT2D eigenvalue weighted by Gasteiger charge is -2.27. The zero-order chi connectivity index (χ0) is 16.1. The Hall–Kier alpha value is -2.69. The molecule has 0 fully saturated rings. The molecule has 0 bridgehead atoms. The van der Waals surface area contributed by atoms with Crippen molar-refractivity contribution in [3.05, 3.63) is 60.2 Å². The number of hydrogen-bond donors (Lipinski definition) is 1. The number of ether oxygens (including phenoxy) is 2. The van der Waals surface area contributed by atoms with Gasteiger partial charge in [0.25, 0.3) is 0 Å². The van der Waals surface area contributed by atoms with Crippen molar-refractivity contribution in [2.24, 2.45) is 0 Å². The molecular weight excluding hydrogens is 292 g/mol. The molecule has 1 N–H and O–H groups in total. The molecule has 1 atom stereocenters. The van der Waals surface area contributed by atoms with Crippen LogP contribution in [0.5, 0.6) is 11.5 Å². The Morgan fingerprint density at radius 1 is 1.13 bits per heavy atom. The Morgan fingerprint density at radius 3 is 2.61 bits per heavy atom. The third-order valence-corrected chi connectivity index (χ3v) is 3.66. The first-order chi connectivity index (χ1) is 11.2. The van der Waals surface area contributed by atoms with E-state index in [0.29, 0.717) is 19.7 Å². The van der Waals surface area contributed by atoms with Gasteiger partial charge in [-0.1, -0.05) is 42.5 Å². The molecule has 0 saturated heterocycles. The minimum absolute atomic E-state index is 0.128. The molecule has 5 nitrogen and oxygen atoms in total. The van der Waals surface area contributed by atoms with Gasteiger partial charge in [-0.2, -0.15) is 0 Å². The van der Waals surface area contributed by atoms with Gasteiger partial charge in [-0.25, -0.2) is 4.79 Å². The number of carbonyl (C=O) groups is 1. The average Bonchev–Trinajstić information content (AvgIpc) is 2.60. The molecule has 2 amide bonds. The molecule has 1 heterocycles. The molecule has 120 valence electrons. The zero-order valence-electron chi connectivity index (χ0n) is 13.1. The molecule has 0 saturated carbocycles. The summed E-state index contributed by atoms with van der Waals surface area (Å²) < 4.78 is 11.5. The molecule has 2 aromatic carbocycles. The third kappa shape index (κ3) is 3.94. The van der Waals surface area contributed by atoms with Crippen LogP contribution in [0.1, 0.15) is 5.56 Å². The highest BCUT2D eigenvalue weighted by Gasteiger charge is 2.21. The van der Waals surface area contributed by atoms with Gasteiger partial charge in [0, 0.05) is 13.6 Å². The maximum Gasteiger partial charge on any atom is 0.317 e. The Morgan fingerprint density at radius 2 is 1.83 bits per heavy atom. The van der Waals surface area contributed by atoms with Crippen LogP contribution >= 0.6 is 0 Å². The summed E-state index contributed by atoms with van der Waals surface area (Å²) in [4.78, 5) is 13.8. The molecule has 3 rings (SSSR count). The van der Waals surface area contributed by atoms with Crippen LogP contribution in [0.4, 0.5) is 4.79 Å². The van der Waals surface area contributed by atoms with Crippen molar-refractivity contribution in [1.82, 2.24) is 10.2 Å². The fourth-order valence-electron chi connectivity index (χ4n) is 2.43. The third-order valence-electron chi connectivity index (χ3n) is 3.66. The molecule has 23 heavy (non-hydrogen) atoms. The molecule has 0 radical (unpaired) electrons. The molecule has 0 unspecified atom stereocenters. The van der Waals surface area contributed by atoms with Gasteiger partial charge in [-0.05, 0) is 17.7 Å². The number of nitrogens with one attached hydrogen (secondary N) is 1. The molecule has 0 aromatic heterocycles. The van der Waals surface area contributed by atoms with Crippen LogP contribution in [-0.2, 0) is 6.54 Å². The highest BCUT2D eigenvalue weighted by atomic mass is 16.6. The Bertz CT molecular complexity index is 660. The van der Waals surface area contributed by atoms with Gasteiger partial charge < -0.3 is 19.7 Å². The van der Waals surface area contributed by atoms with E-state index in [1.807, 2.05) is 54.6 Å². The summed E-state index contributed by atoms with van der Waals surface area (Å²) >= 11 is 0. The second-order valence-electron chi connectivity index (χ2n) is 5.53. The van der Waals surface area contributed by atoms with Crippen LogP contribution in [0.25, 0.3) is 0 Å². The van der Waals surface area contributed by atoms with E-state index in [0.717, 1.165) is 17.1 Å². The smallest absolute Gasteiger partial charge is 0.317 e. The fourth-order valence-corrected chi connectivity index (χ4v) is 2.43. The van der Waals surface area contributed by atoms with Gasteiger partial charge in [-0.3, -0.25) is 0 Å². The van der Waals surface area contributed by atoms with Crippen molar-refractivity contribution in [2.45, 2.75) is 12.6 Å². The molecule has 2 aromatic rings. The number of amides is 2. The lowest BCUT2D eigenvalue weighted by Crippen LogP contribution is -2.44. The number of rotatable bonds is 4. The van der Waals surface area contributed by atoms with Crippen molar-refractivity contribution < 1.29 is 14.3 Å². The number of para-hydroxylation sites is 2. The van der Waals surface area contributed by atoms with E-state index in [2.05, 4.69) is 5.32 Å². The minimum atomic E-state index is -0.182. The van der Waals surface area contributed by atoms with E-state index in [1.165, 1.54) is 0 Å². The number of fused-ring (bicyclic) bond motifs is 1. The SMILES string of the molecule is CN(Cc1ccccc1)C(=O)NC[C@H]1COc2ccccc2O1. The summed E-state index contributed by atoms with van der Waals surface area (Å²) in [6.07, 6.45) is -0.182. The Kier molecular flexibility index (Phi) is 4.66. The summed E-state index contributed by atoms with van der Waals surface area (Å²) in [5, 5.41) is 2.89. The van der Waals surface area contributed by atoms with Crippen LogP contribution in [0, 0.1) is 0 Å². The lowest BCUT2D eigenvalue weighted by molar-refractivity contribution is 0.0904. The quantitative estimate of drug-likeness (QED) is 0.944. The standard InChI is InChI=1S/C18H20N2O3/c1-20(12-14-7-3-2-4-8-14)18(21)19-11-15-13-22-16-9-5-6-10-17(16)23-15/h2-10,15H,11-13H2,1H3,(H,19,21)/t15-/m0/s1. The Balaban J connectivity index is 1.48. The van der Waals surface area contributed by atoms with Crippen molar-refractivity contribution in [1.29, 1.82) is 0 Å². The predicted molar refractivity (Wildman–Crippen MR) is 87.7 cm³/mol. The van der Waals surface area contributed by atoms with Gasteiger partial charge >= 0.3 is 6.03 Å². The second-order valence-corrected chi connectivity index (χ2v) is 5.53. The van der Waals surface area contributed by atoms with Gasteiger partial charge in [0.15, 0.2) is 17.6 Å². The number of urea groups is 1. The molecule has 0 spiro atoms. The van der Waals surface area contributed by atoms with Crippen LogP contribution in [0.2, 0.25) is 0 Å². The van der Waals surface area contributed by atoms with Gasteiger partial charge in [0.1, 0.15) is 6.61 Å². The van der Waals surface area contributed by atoms with Gasteiger partial charge in [0.2, 0.25) is 0 Å². The maximum atomic E-state index is 12.2. The lowest BCUT2D eigenvalue weighted by atomic mass is 10.2.